The lowest BCUT2D eigenvalue weighted by Gasteiger charge is -2.21. The third-order valence-electron chi connectivity index (χ3n) is 3.12. The average Bonchev–Trinajstić information content (AvgIpc) is 2.41. The van der Waals surface area contributed by atoms with Crippen molar-refractivity contribution in [1.29, 1.82) is 0 Å². The number of hydrogen-bond acceptors (Lipinski definition) is 2. The van der Waals surface area contributed by atoms with Crippen molar-refractivity contribution in [2.75, 3.05) is 0 Å². The minimum atomic E-state index is -0.170. The Morgan fingerprint density at radius 3 is 0.900 bits per heavy atom. The molecule has 0 radical (unpaired) electrons. The molecule has 20 heavy (non-hydrogen) atoms. The van der Waals surface area contributed by atoms with Crippen LogP contribution in [0.3, 0.4) is 0 Å². The van der Waals surface area contributed by atoms with Crippen LogP contribution in [0.15, 0.2) is 42.2 Å². The summed E-state index contributed by atoms with van der Waals surface area (Å²) in [4.78, 5) is 25.5. The third-order valence-corrected chi connectivity index (χ3v) is 5.76. The predicted octanol–water partition coefficient (Wildman–Crippen LogP) is 5.51. The van der Waals surface area contributed by atoms with Gasteiger partial charge in [0.1, 0.15) is 0 Å². The molecule has 100 valence electrons. The summed E-state index contributed by atoms with van der Waals surface area (Å²) in [6, 6.07) is 7.02. The van der Waals surface area contributed by atoms with Crippen LogP contribution < -0.4 is 0 Å². The highest BCUT2D eigenvalue weighted by Crippen LogP contribution is 2.40. The summed E-state index contributed by atoms with van der Waals surface area (Å²) in [5.41, 5.74) is 1.60. The minimum Gasteiger partial charge on any atom is -0.288 e. The van der Waals surface area contributed by atoms with Crippen LogP contribution in [0.1, 0.15) is 31.8 Å². The van der Waals surface area contributed by atoms with E-state index in [2.05, 4.69) is 63.7 Å². The molecule has 1 aliphatic rings. The molecule has 0 atom stereocenters. The van der Waals surface area contributed by atoms with Gasteiger partial charge in [0, 0.05) is 40.1 Å². The number of fused-ring (bicyclic) bond motifs is 2. The van der Waals surface area contributed by atoms with Crippen LogP contribution in [0.25, 0.3) is 0 Å². The van der Waals surface area contributed by atoms with Crippen molar-refractivity contribution in [2.24, 2.45) is 0 Å². The van der Waals surface area contributed by atoms with Crippen LogP contribution in [0, 0.1) is 0 Å². The first-order chi connectivity index (χ1) is 9.43. The van der Waals surface area contributed by atoms with Gasteiger partial charge in [-0.05, 0) is 24.3 Å². The largest absolute Gasteiger partial charge is 0.288 e. The smallest absolute Gasteiger partial charge is 0.196 e. The van der Waals surface area contributed by atoms with Crippen LogP contribution in [0.4, 0.5) is 0 Å². The summed E-state index contributed by atoms with van der Waals surface area (Å²) in [7, 11) is 0. The lowest BCUT2D eigenvalue weighted by molar-refractivity contribution is 0.0976. The molecule has 0 unspecified atom stereocenters. The van der Waals surface area contributed by atoms with Gasteiger partial charge in [-0.25, -0.2) is 0 Å². The summed E-state index contributed by atoms with van der Waals surface area (Å²) in [5.74, 6) is -0.341. The zero-order chi connectivity index (χ0) is 14.6. The summed E-state index contributed by atoms with van der Waals surface area (Å²) in [6.45, 7) is 0. The van der Waals surface area contributed by atoms with E-state index in [-0.39, 0.29) is 11.6 Å². The van der Waals surface area contributed by atoms with Crippen molar-refractivity contribution < 1.29 is 9.59 Å². The van der Waals surface area contributed by atoms with Gasteiger partial charge < -0.3 is 0 Å². The molecule has 0 amide bonds. The molecule has 0 saturated carbocycles. The molecule has 0 saturated heterocycles. The number of carbonyl (C=O) groups is 2. The molecule has 2 aromatic carbocycles. The van der Waals surface area contributed by atoms with Crippen molar-refractivity contribution >= 4 is 75.3 Å². The zero-order valence-electron chi connectivity index (χ0n) is 9.64. The van der Waals surface area contributed by atoms with Crippen LogP contribution >= 0.6 is 63.7 Å². The molecule has 2 aromatic rings. The minimum absolute atomic E-state index is 0.170. The van der Waals surface area contributed by atoms with Gasteiger partial charge in [-0.2, -0.15) is 0 Å². The lowest BCUT2D eigenvalue weighted by atomic mass is 9.84. The maximum atomic E-state index is 12.7. The molecular weight excluding hydrogens is 520 g/mol. The van der Waals surface area contributed by atoms with Crippen molar-refractivity contribution in [3.05, 3.63) is 64.4 Å². The average molecular weight is 524 g/mol. The molecule has 0 aliphatic heterocycles. The van der Waals surface area contributed by atoms with Crippen LogP contribution in [-0.4, -0.2) is 11.6 Å². The predicted molar refractivity (Wildman–Crippen MR) is 90.5 cm³/mol. The standard InChI is InChI=1S/C14H4Br4O2/c15-5-1-2-6(16)10-9(5)13(19)11-7(17)3-4-8(18)12(11)14(10)20/h1-4H. The number of hydrogen-bond donors (Lipinski definition) is 0. The van der Waals surface area contributed by atoms with Gasteiger partial charge in [-0.3, -0.25) is 9.59 Å². The van der Waals surface area contributed by atoms with E-state index in [4.69, 9.17) is 0 Å². The van der Waals surface area contributed by atoms with E-state index in [1.165, 1.54) is 0 Å². The van der Waals surface area contributed by atoms with E-state index >= 15 is 0 Å². The van der Waals surface area contributed by atoms with E-state index in [9.17, 15) is 9.59 Å². The highest BCUT2D eigenvalue weighted by molar-refractivity contribution is 9.11. The molecule has 1 aliphatic carbocycles. The first-order valence-electron chi connectivity index (χ1n) is 5.49. The highest BCUT2D eigenvalue weighted by atomic mass is 79.9. The second-order valence-corrected chi connectivity index (χ2v) is 7.63. The molecule has 0 N–H and O–H groups in total. The van der Waals surface area contributed by atoms with Crippen molar-refractivity contribution in [3.63, 3.8) is 0 Å². The maximum absolute atomic E-state index is 12.7. The van der Waals surface area contributed by atoms with Crippen LogP contribution in [0.5, 0.6) is 0 Å². The summed E-state index contributed by atoms with van der Waals surface area (Å²) < 4.78 is 2.47. The Morgan fingerprint density at radius 2 is 0.700 bits per heavy atom. The fraction of sp³-hybridized carbons (Fsp3) is 0. The first kappa shape index (κ1) is 14.6. The molecule has 0 aromatic heterocycles. The quantitative estimate of drug-likeness (QED) is 0.389. The number of benzene rings is 2. The van der Waals surface area contributed by atoms with Crippen LogP contribution in [-0.2, 0) is 0 Å². The Balaban J connectivity index is 2.46. The molecule has 0 fully saturated rings. The molecular formula is C14H4Br4O2. The molecule has 0 heterocycles. The van der Waals surface area contributed by atoms with Crippen molar-refractivity contribution in [3.8, 4) is 0 Å². The lowest BCUT2D eigenvalue weighted by Crippen LogP contribution is -2.23. The monoisotopic (exact) mass is 520 g/mol. The molecule has 3 rings (SSSR count). The fourth-order valence-electron chi connectivity index (χ4n) is 2.24. The SMILES string of the molecule is O=C1c2c(Br)ccc(Br)c2C(=O)c2c(Br)ccc(Br)c21. The first-order valence-corrected chi connectivity index (χ1v) is 8.66. The molecule has 0 spiro atoms. The van der Waals surface area contributed by atoms with Crippen LogP contribution in [0.2, 0.25) is 0 Å². The molecule has 0 bridgehead atoms. The molecule has 2 nitrogen and oxygen atoms in total. The van der Waals surface area contributed by atoms with Crippen molar-refractivity contribution in [2.45, 2.75) is 0 Å². The summed E-state index contributed by atoms with van der Waals surface area (Å²) >= 11 is 13.4. The van der Waals surface area contributed by atoms with E-state index in [1.807, 2.05) is 0 Å². The Bertz CT molecular complexity index is 667. The van der Waals surface area contributed by atoms with E-state index < -0.39 is 0 Å². The second-order valence-electron chi connectivity index (χ2n) is 4.22. The van der Waals surface area contributed by atoms with Gasteiger partial charge in [0.15, 0.2) is 11.6 Å². The van der Waals surface area contributed by atoms with Gasteiger partial charge in [0.05, 0.1) is 0 Å². The summed E-state index contributed by atoms with van der Waals surface area (Å²) in [5, 5.41) is 0. The number of carbonyl (C=O) groups excluding carboxylic acids is 2. The Morgan fingerprint density at radius 1 is 0.500 bits per heavy atom. The number of halogens is 4. The number of rotatable bonds is 0. The van der Waals surface area contributed by atoms with E-state index in [1.54, 1.807) is 24.3 Å². The van der Waals surface area contributed by atoms with E-state index in [0.717, 1.165) is 0 Å². The normalized spacial score (nSPS) is 13.2. The molecule has 6 heteroatoms. The Hall–Kier alpha value is -0.300. The number of ketones is 2. The second kappa shape index (κ2) is 5.16. The summed E-state index contributed by atoms with van der Waals surface area (Å²) in [6.07, 6.45) is 0. The van der Waals surface area contributed by atoms with Gasteiger partial charge in [0.25, 0.3) is 0 Å². The third kappa shape index (κ3) is 2.00. The van der Waals surface area contributed by atoms with Gasteiger partial charge in [-0.1, -0.05) is 63.7 Å². The topological polar surface area (TPSA) is 34.1 Å². The maximum Gasteiger partial charge on any atom is 0.196 e. The van der Waals surface area contributed by atoms with Gasteiger partial charge in [-0.15, -0.1) is 0 Å². The zero-order valence-corrected chi connectivity index (χ0v) is 16.0. The highest BCUT2D eigenvalue weighted by Gasteiger charge is 2.35. The van der Waals surface area contributed by atoms with E-state index in [0.29, 0.717) is 40.1 Å². The Labute approximate surface area is 148 Å². The fourth-order valence-corrected chi connectivity index (χ4v) is 4.28. The van der Waals surface area contributed by atoms with Crippen molar-refractivity contribution in [1.82, 2.24) is 0 Å². The Kier molecular flexibility index (Phi) is 3.77. The van der Waals surface area contributed by atoms with Gasteiger partial charge in [0.2, 0.25) is 0 Å². The van der Waals surface area contributed by atoms with Gasteiger partial charge >= 0.3 is 0 Å².